The van der Waals surface area contributed by atoms with E-state index < -0.39 is 5.92 Å². The van der Waals surface area contributed by atoms with Gasteiger partial charge in [0.25, 0.3) is 0 Å². The molecular weight excluding hydrogens is 272 g/mol. The fraction of sp³-hybridized carbons (Fsp3) is 0.200. The maximum atomic E-state index is 12.6. The summed E-state index contributed by atoms with van der Waals surface area (Å²) in [6.45, 7) is 3.35. The van der Waals surface area contributed by atoms with Crippen molar-refractivity contribution >= 4 is 17.1 Å². The molecule has 3 rings (SSSR count). The molecule has 0 bridgehead atoms. The highest BCUT2D eigenvalue weighted by Gasteiger charge is 2.43. The summed E-state index contributed by atoms with van der Waals surface area (Å²) in [5.74, 6) is -0.893. The predicted octanol–water partition coefficient (Wildman–Crippen LogP) is 4.03. The Hall–Kier alpha value is -2.48. The fourth-order valence-electron chi connectivity index (χ4n) is 3.37. The van der Waals surface area contributed by atoms with Crippen molar-refractivity contribution in [3.63, 3.8) is 0 Å². The molecule has 0 fully saturated rings. The molecule has 0 aliphatic heterocycles. The van der Waals surface area contributed by atoms with Crippen LogP contribution in [0.15, 0.2) is 66.2 Å². The number of Topliss-reactive ketones (excluding diaryl/α,β-unsaturated/α-hetero) is 2. The molecule has 2 aromatic carbocycles. The van der Waals surface area contributed by atoms with Crippen LogP contribution < -0.4 is 0 Å². The molecule has 0 radical (unpaired) electrons. The number of allylic oxidation sites excluding steroid dienone is 2. The lowest BCUT2D eigenvalue weighted by molar-refractivity contribution is -0.129. The molecule has 0 amide bonds. The third-order valence-corrected chi connectivity index (χ3v) is 4.38. The fourth-order valence-corrected chi connectivity index (χ4v) is 3.37. The monoisotopic (exact) mass is 290 g/mol. The second-order valence-electron chi connectivity index (χ2n) is 5.75. The van der Waals surface area contributed by atoms with Gasteiger partial charge in [-0.05, 0) is 36.1 Å². The quantitative estimate of drug-likeness (QED) is 0.800. The molecule has 0 aromatic heterocycles. The van der Waals surface area contributed by atoms with Crippen molar-refractivity contribution < 1.29 is 9.59 Å². The predicted molar refractivity (Wildman–Crippen MR) is 87.4 cm³/mol. The van der Waals surface area contributed by atoms with Gasteiger partial charge in [0.15, 0.2) is 5.78 Å². The zero-order valence-corrected chi connectivity index (χ0v) is 12.7. The van der Waals surface area contributed by atoms with Gasteiger partial charge >= 0.3 is 0 Å². The molecule has 22 heavy (non-hydrogen) atoms. The minimum atomic E-state index is -0.599. The van der Waals surface area contributed by atoms with Crippen LogP contribution in [0.3, 0.4) is 0 Å². The first-order chi connectivity index (χ1) is 10.6. The minimum Gasteiger partial charge on any atom is -0.299 e. The lowest BCUT2D eigenvalue weighted by atomic mass is 9.80. The normalized spacial score (nSPS) is 21.3. The molecule has 0 saturated carbocycles. The van der Waals surface area contributed by atoms with E-state index in [0.717, 1.165) is 16.7 Å². The maximum absolute atomic E-state index is 12.6. The first-order valence-electron chi connectivity index (χ1n) is 7.47. The van der Waals surface area contributed by atoms with Crippen LogP contribution in [-0.2, 0) is 9.59 Å². The summed E-state index contributed by atoms with van der Waals surface area (Å²) in [5, 5.41) is 0. The van der Waals surface area contributed by atoms with Crippen molar-refractivity contribution in [3.05, 3.63) is 77.4 Å². The van der Waals surface area contributed by atoms with Crippen LogP contribution in [0.25, 0.3) is 5.57 Å². The summed E-state index contributed by atoms with van der Waals surface area (Å²) in [6.07, 6.45) is 0. The molecular formula is C20H18O2. The lowest BCUT2D eigenvalue weighted by Gasteiger charge is -2.21. The van der Waals surface area contributed by atoms with Crippen LogP contribution in [0.4, 0.5) is 0 Å². The van der Waals surface area contributed by atoms with Gasteiger partial charge in [0, 0.05) is 5.92 Å². The van der Waals surface area contributed by atoms with E-state index in [1.54, 1.807) is 0 Å². The van der Waals surface area contributed by atoms with Crippen molar-refractivity contribution in [2.45, 2.75) is 19.8 Å². The average molecular weight is 290 g/mol. The van der Waals surface area contributed by atoms with Crippen LogP contribution in [-0.4, -0.2) is 11.6 Å². The number of ketones is 2. The Kier molecular flexibility index (Phi) is 3.76. The highest BCUT2D eigenvalue weighted by Crippen LogP contribution is 2.47. The number of carbonyl (C=O) groups excluding carboxylic acids is 2. The van der Waals surface area contributed by atoms with Crippen molar-refractivity contribution in [1.29, 1.82) is 0 Å². The molecule has 0 N–H and O–H groups in total. The van der Waals surface area contributed by atoms with Gasteiger partial charge in [-0.15, -0.1) is 0 Å². The molecule has 110 valence electrons. The summed E-state index contributed by atoms with van der Waals surface area (Å²) in [7, 11) is 0. The zero-order valence-electron chi connectivity index (χ0n) is 12.7. The van der Waals surface area contributed by atoms with Gasteiger partial charge in [-0.1, -0.05) is 60.7 Å². The highest BCUT2D eigenvalue weighted by atomic mass is 16.2. The molecule has 2 heteroatoms. The van der Waals surface area contributed by atoms with E-state index in [1.807, 2.05) is 67.6 Å². The van der Waals surface area contributed by atoms with Crippen LogP contribution in [0, 0.1) is 5.92 Å². The van der Waals surface area contributed by atoms with E-state index in [9.17, 15) is 9.59 Å². The summed E-state index contributed by atoms with van der Waals surface area (Å²) >= 11 is 0. The molecule has 2 unspecified atom stereocenters. The summed E-state index contributed by atoms with van der Waals surface area (Å²) < 4.78 is 0. The lowest BCUT2D eigenvalue weighted by Crippen LogP contribution is -2.23. The third kappa shape index (κ3) is 2.31. The van der Waals surface area contributed by atoms with E-state index in [1.165, 1.54) is 6.92 Å². The van der Waals surface area contributed by atoms with E-state index in [2.05, 4.69) is 0 Å². The SMILES string of the molecule is CC(=O)C1C(=O)C(C)=C(c2ccccc2)C1c1ccccc1. The van der Waals surface area contributed by atoms with Gasteiger partial charge < -0.3 is 0 Å². The van der Waals surface area contributed by atoms with Crippen molar-refractivity contribution in [2.24, 2.45) is 5.92 Å². The number of carbonyl (C=O) groups is 2. The zero-order chi connectivity index (χ0) is 15.7. The minimum absolute atomic E-state index is 0.0415. The molecule has 1 aliphatic rings. The van der Waals surface area contributed by atoms with Gasteiger partial charge in [-0.25, -0.2) is 0 Å². The average Bonchev–Trinajstić information content (AvgIpc) is 2.81. The number of hydrogen-bond donors (Lipinski definition) is 0. The summed E-state index contributed by atoms with van der Waals surface area (Å²) in [5.41, 5.74) is 3.73. The van der Waals surface area contributed by atoms with Gasteiger partial charge in [0.2, 0.25) is 0 Å². The Labute approximate surface area is 130 Å². The molecule has 0 saturated heterocycles. The summed E-state index contributed by atoms with van der Waals surface area (Å²) in [4.78, 5) is 24.8. The number of benzene rings is 2. The van der Waals surface area contributed by atoms with Gasteiger partial charge in [-0.2, -0.15) is 0 Å². The Bertz CT molecular complexity index is 742. The number of hydrogen-bond acceptors (Lipinski definition) is 2. The largest absolute Gasteiger partial charge is 0.299 e. The second-order valence-corrected chi connectivity index (χ2v) is 5.75. The van der Waals surface area contributed by atoms with Gasteiger partial charge in [-0.3, -0.25) is 9.59 Å². The van der Waals surface area contributed by atoms with E-state index in [-0.39, 0.29) is 17.5 Å². The van der Waals surface area contributed by atoms with Crippen LogP contribution >= 0.6 is 0 Å². The van der Waals surface area contributed by atoms with Crippen molar-refractivity contribution in [3.8, 4) is 0 Å². The smallest absolute Gasteiger partial charge is 0.170 e. The van der Waals surface area contributed by atoms with E-state index in [4.69, 9.17) is 0 Å². The topological polar surface area (TPSA) is 34.1 Å². The molecule has 1 aliphatic carbocycles. The Morgan fingerprint density at radius 1 is 0.909 bits per heavy atom. The summed E-state index contributed by atoms with van der Waals surface area (Å²) in [6, 6.07) is 19.7. The maximum Gasteiger partial charge on any atom is 0.170 e. The van der Waals surface area contributed by atoms with Crippen molar-refractivity contribution in [2.75, 3.05) is 0 Å². The van der Waals surface area contributed by atoms with Crippen molar-refractivity contribution in [1.82, 2.24) is 0 Å². The first kappa shape index (κ1) is 14.5. The van der Waals surface area contributed by atoms with Gasteiger partial charge in [0.05, 0.1) is 5.92 Å². The molecule has 2 nitrogen and oxygen atoms in total. The van der Waals surface area contributed by atoms with E-state index in [0.29, 0.717) is 5.57 Å². The number of rotatable bonds is 3. The Morgan fingerprint density at radius 2 is 1.45 bits per heavy atom. The van der Waals surface area contributed by atoms with Crippen LogP contribution in [0.1, 0.15) is 30.9 Å². The van der Waals surface area contributed by atoms with Crippen LogP contribution in [0.2, 0.25) is 0 Å². The molecule has 0 spiro atoms. The standard InChI is InChI=1S/C20H18O2/c1-13-17(15-9-5-3-6-10-15)19(16-11-7-4-8-12-16)18(14(2)21)20(13)22/h3-12,18-19H,1-2H3. The Balaban J connectivity index is 2.20. The highest BCUT2D eigenvalue weighted by molar-refractivity contribution is 6.19. The van der Waals surface area contributed by atoms with E-state index >= 15 is 0 Å². The van der Waals surface area contributed by atoms with Crippen LogP contribution in [0.5, 0.6) is 0 Å². The molecule has 2 aromatic rings. The molecule has 0 heterocycles. The first-order valence-corrected chi connectivity index (χ1v) is 7.47. The third-order valence-electron chi connectivity index (χ3n) is 4.38. The molecule has 2 atom stereocenters. The van der Waals surface area contributed by atoms with Gasteiger partial charge in [0.1, 0.15) is 5.78 Å². The second kappa shape index (κ2) is 5.72. The Morgan fingerprint density at radius 3 is 2.00 bits per heavy atom.